The average molecular weight is 429 g/mol. The minimum absolute atomic E-state index is 0.174. The summed E-state index contributed by atoms with van der Waals surface area (Å²) in [5, 5.41) is 7.82. The number of amides is 1. The van der Waals surface area contributed by atoms with Gasteiger partial charge in [0.05, 0.1) is 11.7 Å². The fraction of sp³-hybridized carbons (Fsp3) is 0.556. The highest BCUT2D eigenvalue weighted by atomic mass is 16.2. The van der Waals surface area contributed by atoms with E-state index >= 15 is 0 Å². The fourth-order valence-corrected chi connectivity index (χ4v) is 7.58. The third-order valence-corrected chi connectivity index (χ3v) is 8.92. The molecule has 7 rings (SSSR count). The van der Waals surface area contributed by atoms with Crippen molar-refractivity contribution in [2.75, 3.05) is 19.6 Å². The summed E-state index contributed by atoms with van der Waals surface area (Å²) in [5.41, 5.74) is 6.93. The average Bonchev–Trinajstić information content (AvgIpc) is 3.28. The van der Waals surface area contributed by atoms with E-state index in [0.29, 0.717) is 11.8 Å². The molecule has 5 aliphatic rings. The molecular weight excluding hydrogens is 396 g/mol. The van der Waals surface area contributed by atoms with E-state index in [1.54, 1.807) is 5.57 Å². The Balaban J connectivity index is 1.23. The Labute approximate surface area is 189 Å². The highest BCUT2D eigenvalue weighted by molar-refractivity contribution is 5.96. The van der Waals surface area contributed by atoms with E-state index in [9.17, 15) is 4.79 Å². The number of hydrogen-bond donors (Lipinski definition) is 1. The third kappa shape index (κ3) is 2.79. The number of H-pyrrole nitrogens is 1. The lowest BCUT2D eigenvalue weighted by atomic mass is 9.68. The van der Waals surface area contributed by atoms with Crippen LogP contribution < -0.4 is 0 Å². The van der Waals surface area contributed by atoms with Crippen LogP contribution in [0.15, 0.2) is 35.9 Å². The molecule has 1 amide bonds. The number of carbonyl (C=O) groups excluding carboxylic acids is 1. The first-order chi connectivity index (χ1) is 15.8. The molecule has 166 valence electrons. The monoisotopic (exact) mass is 428 g/mol. The van der Waals surface area contributed by atoms with Crippen molar-refractivity contribution in [3.8, 4) is 11.3 Å². The molecule has 2 aliphatic carbocycles. The number of rotatable bonds is 1. The molecular formula is C27H32N4O. The van der Waals surface area contributed by atoms with Gasteiger partial charge in [0, 0.05) is 30.3 Å². The van der Waals surface area contributed by atoms with Crippen LogP contribution in [0.2, 0.25) is 0 Å². The molecule has 0 radical (unpaired) electrons. The fourth-order valence-electron chi connectivity index (χ4n) is 7.58. The SMILES string of the molecule is O=C(c1[nH]nc2c1CCc1ccccc1-2)N1CCCC2=C[C@H]3C[C@@H](CN4CCCC[C@H]34)[C@@H]21. The van der Waals surface area contributed by atoms with Crippen LogP contribution in [0.1, 0.15) is 60.1 Å². The molecule has 3 aliphatic heterocycles. The van der Waals surface area contributed by atoms with E-state index in [1.807, 2.05) is 0 Å². The van der Waals surface area contributed by atoms with Gasteiger partial charge in [-0.05, 0) is 68.9 Å². The van der Waals surface area contributed by atoms with E-state index in [4.69, 9.17) is 0 Å². The van der Waals surface area contributed by atoms with E-state index in [-0.39, 0.29) is 11.9 Å². The van der Waals surface area contributed by atoms with Gasteiger partial charge in [0.1, 0.15) is 5.69 Å². The maximum Gasteiger partial charge on any atom is 0.272 e. The predicted molar refractivity (Wildman–Crippen MR) is 124 cm³/mol. The maximum absolute atomic E-state index is 14.0. The zero-order valence-corrected chi connectivity index (χ0v) is 18.7. The molecule has 0 unspecified atom stereocenters. The van der Waals surface area contributed by atoms with Gasteiger partial charge >= 0.3 is 0 Å². The Hall–Kier alpha value is -2.40. The normalized spacial score (nSPS) is 31.1. The molecule has 3 saturated heterocycles. The van der Waals surface area contributed by atoms with E-state index < -0.39 is 0 Å². The Bertz CT molecular complexity index is 1100. The third-order valence-electron chi connectivity index (χ3n) is 8.92. The number of benzene rings is 1. The van der Waals surface area contributed by atoms with Crippen LogP contribution in [0.4, 0.5) is 0 Å². The number of hydrogen-bond acceptors (Lipinski definition) is 3. The number of nitrogens with one attached hydrogen (secondary N) is 1. The molecule has 4 atom stereocenters. The Morgan fingerprint density at radius 1 is 1.06 bits per heavy atom. The van der Waals surface area contributed by atoms with Crippen LogP contribution >= 0.6 is 0 Å². The summed E-state index contributed by atoms with van der Waals surface area (Å²) < 4.78 is 0. The van der Waals surface area contributed by atoms with Crippen LogP contribution in [0, 0.1) is 11.8 Å². The summed E-state index contributed by atoms with van der Waals surface area (Å²) in [5.74, 6) is 1.46. The molecule has 2 bridgehead atoms. The summed E-state index contributed by atoms with van der Waals surface area (Å²) >= 11 is 0. The Kier molecular flexibility index (Phi) is 4.36. The molecule has 32 heavy (non-hydrogen) atoms. The number of piperidine rings is 3. The van der Waals surface area contributed by atoms with Gasteiger partial charge in [-0.25, -0.2) is 0 Å². The van der Waals surface area contributed by atoms with Crippen molar-refractivity contribution in [3.63, 3.8) is 0 Å². The molecule has 3 fully saturated rings. The largest absolute Gasteiger partial charge is 0.330 e. The number of aryl methyl sites for hydroxylation is 1. The van der Waals surface area contributed by atoms with Crippen molar-refractivity contribution >= 4 is 5.91 Å². The minimum atomic E-state index is 0.174. The second-order valence-electron chi connectivity index (χ2n) is 10.6. The summed E-state index contributed by atoms with van der Waals surface area (Å²) in [6, 6.07) is 9.52. The van der Waals surface area contributed by atoms with E-state index in [1.165, 1.54) is 56.3 Å². The van der Waals surface area contributed by atoms with Gasteiger partial charge in [-0.3, -0.25) is 14.8 Å². The first-order valence-corrected chi connectivity index (χ1v) is 12.7. The van der Waals surface area contributed by atoms with E-state index in [2.05, 4.69) is 50.3 Å². The summed E-state index contributed by atoms with van der Waals surface area (Å²) in [7, 11) is 0. The Morgan fingerprint density at radius 3 is 2.97 bits per heavy atom. The standard InChI is InChI=1S/C27H32N4O/c32-27(25-22-11-10-17-6-1-2-8-21(17)24(22)28-29-25)31-13-5-7-18-14-19-15-20(26(18)31)16-30-12-4-3-9-23(19)30/h1-2,6,8,14,19-20,23,26H,3-5,7,9-13,15-16H2,(H,28,29)/t19-,20-,23+,26+/m0/s1. The molecule has 4 heterocycles. The van der Waals surface area contributed by atoms with Gasteiger partial charge in [-0.1, -0.05) is 42.3 Å². The molecule has 2 aromatic rings. The lowest BCUT2D eigenvalue weighted by molar-refractivity contribution is 0.00128. The first kappa shape index (κ1) is 19.1. The lowest BCUT2D eigenvalue weighted by Crippen LogP contribution is -2.60. The molecule has 1 aromatic carbocycles. The summed E-state index contributed by atoms with van der Waals surface area (Å²) in [6.07, 6.45) is 12.1. The van der Waals surface area contributed by atoms with Gasteiger partial charge in [0.2, 0.25) is 0 Å². The molecule has 5 heteroatoms. The van der Waals surface area contributed by atoms with Crippen molar-refractivity contribution in [3.05, 3.63) is 52.7 Å². The molecule has 0 spiro atoms. The highest BCUT2D eigenvalue weighted by Crippen LogP contribution is 2.45. The summed E-state index contributed by atoms with van der Waals surface area (Å²) in [6.45, 7) is 3.28. The van der Waals surface area contributed by atoms with Gasteiger partial charge in [-0.15, -0.1) is 0 Å². The highest BCUT2D eigenvalue weighted by Gasteiger charge is 2.47. The van der Waals surface area contributed by atoms with Gasteiger partial charge in [-0.2, -0.15) is 5.10 Å². The zero-order chi connectivity index (χ0) is 21.2. The van der Waals surface area contributed by atoms with Crippen LogP contribution in [-0.2, 0) is 12.8 Å². The van der Waals surface area contributed by atoms with Crippen molar-refractivity contribution in [1.82, 2.24) is 20.0 Å². The number of fused-ring (bicyclic) bond motifs is 9. The number of nitrogens with zero attached hydrogens (tertiary/aromatic N) is 3. The molecule has 1 aromatic heterocycles. The smallest absolute Gasteiger partial charge is 0.272 e. The zero-order valence-electron chi connectivity index (χ0n) is 18.7. The van der Waals surface area contributed by atoms with Crippen LogP contribution in [0.5, 0.6) is 0 Å². The minimum Gasteiger partial charge on any atom is -0.330 e. The van der Waals surface area contributed by atoms with Crippen LogP contribution in [0.3, 0.4) is 0 Å². The number of aromatic nitrogens is 2. The maximum atomic E-state index is 14.0. The number of carbonyl (C=O) groups is 1. The van der Waals surface area contributed by atoms with E-state index in [0.717, 1.165) is 48.8 Å². The number of likely N-dealkylation sites (tertiary alicyclic amines) is 1. The predicted octanol–water partition coefficient (Wildman–Crippen LogP) is 4.21. The topological polar surface area (TPSA) is 52.2 Å². The van der Waals surface area contributed by atoms with Gasteiger partial charge < -0.3 is 4.90 Å². The summed E-state index contributed by atoms with van der Waals surface area (Å²) in [4.78, 5) is 18.9. The lowest BCUT2D eigenvalue weighted by Gasteiger charge is -2.54. The first-order valence-electron chi connectivity index (χ1n) is 12.7. The second kappa shape index (κ2) is 7.31. The molecule has 5 nitrogen and oxygen atoms in total. The van der Waals surface area contributed by atoms with Gasteiger partial charge in [0.15, 0.2) is 0 Å². The van der Waals surface area contributed by atoms with Crippen molar-refractivity contribution < 1.29 is 4.79 Å². The van der Waals surface area contributed by atoms with Crippen molar-refractivity contribution in [2.45, 2.75) is 63.5 Å². The van der Waals surface area contributed by atoms with Crippen molar-refractivity contribution in [1.29, 1.82) is 0 Å². The molecule has 1 N–H and O–H groups in total. The van der Waals surface area contributed by atoms with Gasteiger partial charge in [0.25, 0.3) is 5.91 Å². The van der Waals surface area contributed by atoms with Crippen LogP contribution in [0.25, 0.3) is 11.3 Å². The van der Waals surface area contributed by atoms with Crippen molar-refractivity contribution in [2.24, 2.45) is 11.8 Å². The molecule has 0 saturated carbocycles. The number of aromatic amines is 1. The van der Waals surface area contributed by atoms with Crippen LogP contribution in [-0.4, -0.2) is 57.6 Å². The quantitative estimate of drug-likeness (QED) is 0.693. The Morgan fingerprint density at radius 2 is 2.00 bits per heavy atom. The second-order valence-corrected chi connectivity index (χ2v) is 10.6.